The quantitative estimate of drug-likeness (QED) is 0.902. The Bertz CT molecular complexity index is 621. The van der Waals surface area contributed by atoms with Crippen LogP contribution in [0.25, 0.3) is 10.9 Å². The molecule has 0 fully saturated rings. The molecule has 2 aromatic rings. The highest BCUT2D eigenvalue weighted by atomic mass is 19.3. The fraction of sp³-hybridized carbons (Fsp3) is 0.273. The third-order valence-corrected chi connectivity index (χ3v) is 2.58. The van der Waals surface area contributed by atoms with Gasteiger partial charge in [0.1, 0.15) is 5.82 Å². The summed E-state index contributed by atoms with van der Waals surface area (Å²) in [6.07, 6.45) is 1.46. The molecule has 96 valence electrons. The van der Waals surface area contributed by atoms with Crippen molar-refractivity contribution in [3.8, 4) is 0 Å². The first-order chi connectivity index (χ1) is 8.36. The van der Waals surface area contributed by atoms with Gasteiger partial charge in [0.2, 0.25) is 5.78 Å². The summed E-state index contributed by atoms with van der Waals surface area (Å²) < 4.78 is 42.3. The van der Waals surface area contributed by atoms with Gasteiger partial charge in [0.15, 0.2) is 0 Å². The van der Waals surface area contributed by atoms with Crippen LogP contribution in [0.15, 0.2) is 18.3 Å². The molecule has 1 aromatic carbocycles. The Labute approximate surface area is 100 Å². The Morgan fingerprint density at radius 3 is 2.78 bits per heavy atom. The van der Waals surface area contributed by atoms with Gasteiger partial charge in [0, 0.05) is 24.7 Å². The number of halogens is 3. The molecule has 0 aliphatic rings. The van der Waals surface area contributed by atoms with Gasteiger partial charge in [-0.15, -0.1) is 0 Å². The number of nitrogens with two attached hydrogens (primary N) is 1. The van der Waals surface area contributed by atoms with E-state index in [0.717, 1.165) is 12.1 Å². The number of carbonyl (C=O) groups excluding carboxylic acids is 1. The van der Waals surface area contributed by atoms with E-state index in [1.54, 1.807) is 7.05 Å². The minimum atomic E-state index is -3.93. The van der Waals surface area contributed by atoms with Crippen molar-refractivity contribution >= 4 is 16.7 Å². The minimum absolute atomic E-state index is 0.245. The van der Waals surface area contributed by atoms with E-state index in [4.69, 9.17) is 5.73 Å². The smallest absolute Gasteiger partial charge is 0.324 e. The molecule has 2 N–H and O–H groups in total. The molecule has 0 aliphatic carbocycles. The Hall–Kier alpha value is -1.89. The zero-order valence-corrected chi connectivity index (χ0v) is 9.45. The first-order valence-corrected chi connectivity index (χ1v) is 5.11. The van der Waals surface area contributed by atoms with Crippen LogP contribution in [0.4, 0.5) is 13.2 Å². The topological polar surface area (TPSA) is 60.9 Å². The number of fused-ring (bicyclic) bond motifs is 1. The van der Waals surface area contributed by atoms with Crippen LogP contribution < -0.4 is 5.73 Å². The molecule has 0 bridgehead atoms. The third-order valence-electron chi connectivity index (χ3n) is 2.58. The van der Waals surface area contributed by atoms with E-state index in [1.165, 1.54) is 10.9 Å². The van der Waals surface area contributed by atoms with Gasteiger partial charge in [-0.25, -0.2) is 4.39 Å². The van der Waals surface area contributed by atoms with Gasteiger partial charge in [0.05, 0.1) is 17.6 Å². The van der Waals surface area contributed by atoms with Crippen LogP contribution in [0.2, 0.25) is 0 Å². The molecule has 18 heavy (non-hydrogen) atoms. The highest BCUT2D eigenvalue weighted by molar-refractivity contribution is 5.90. The maximum Gasteiger partial charge on any atom is 0.334 e. The summed E-state index contributed by atoms with van der Waals surface area (Å²) >= 11 is 0. The van der Waals surface area contributed by atoms with Crippen LogP contribution in [0, 0.1) is 5.82 Å². The number of hydrogen-bond acceptors (Lipinski definition) is 3. The maximum atomic E-state index is 13.6. The van der Waals surface area contributed by atoms with E-state index in [0.29, 0.717) is 5.39 Å². The fourth-order valence-electron chi connectivity index (χ4n) is 1.69. The second kappa shape index (κ2) is 4.09. The normalized spacial score (nSPS) is 12.1. The van der Waals surface area contributed by atoms with Gasteiger partial charge >= 0.3 is 5.92 Å². The van der Waals surface area contributed by atoms with Crippen molar-refractivity contribution in [3.05, 3.63) is 29.7 Å². The average molecular weight is 257 g/mol. The lowest BCUT2D eigenvalue weighted by Crippen LogP contribution is -2.33. The fourth-order valence-corrected chi connectivity index (χ4v) is 1.69. The predicted molar refractivity (Wildman–Crippen MR) is 58.6 cm³/mol. The SMILES string of the molecule is Cn1cc2cc(C(F)(F)C(=O)CN)c(F)cc2n1. The molecular formula is C11H10F3N3O. The van der Waals surface area contributed by atoms with Crippen LogP contribution in [0.3, 0.4) is 0 Å². The molecular weight excluding hydrogens is 247 g/mol. The molecule has 0 spiro atoms. The van der Waals surface area contributed by atoms with Crippen LogP contribution in [0.5, 0.6) is 0 Å². The second-order valence-corrected chi connectivity index (χ2v) is 3.90. The zero-order valence-electron chi connectivity index (χ0n) is 9.45. The van der Waals surface area contributed by atoms with Gasteiger partial charge in [-0.3, -0.25) is 9.48 Å². The molecule has 0 saturated heterocycles. The molecule has 4 nitrogen and oxygen atoms in total. The lowest BCUT2D eigenvalue weighted by molar-refractivity contribution is -0.143. The molecule has 1 heterocycles. The molecule has 0 radical (unpaired) electrons. The molecule has 0 aliphatic heterocycles. The zero-order chi connectivity index (χ0) is 13.5. The monoisotopic (exact) mass is 257 g/mol. The number of aromatic nitrogens is 2. The maximum absolute atomic E-state index is 13.6. The number of carbonyl (C=O) groups is 1. The van der Waals surface area contributed by atoms with Crippen LogP contribution in [0.1, 0.15) is 5.56 Å². The highest BCUT2D eigenvalue weighted by Gasteiger charge is 2.42. The number of nitrogens with zero attached hydrogens (tertiary/aromatic N) is 2. The largest absolute Gasteiger partial charge is 0.334 e. The van der Waals surface area contributed by atoms with Crippen molar-refractivity contribution in [3.63, 3.8) is 0 Å². The number of aryl methyl sites for hydroxylation is 1. The third kappa shape index (κ3) is 1.86. The molecule has 1 aromatic heterocycles. The van der Waals surface area contributed by atoms with Crippen LogP contribution in [-0.2, 0) is 17.8 Å². The van der Waals surface area contributed by atoms with E-state index in [1.807, 2.05) is 0 Å². The average Bonchev–Trinajstić information content (AvgIpc) is 2.65. The number of hydrogen-bond donors (Lipinski definition) is 1. The molecule has 2 rings (SSSR count). The summed E-state index contributed by atoms with van der Waals surface area (Å²) in [7, 11) is 1.58. The van der Waals surface area contributed by atoms with Gasteiger partial charge < -0.3 is 5.73 Å². The number of benzene rings is 1. The van der Waals surface area contributed by atoms with Crippen molar-refractivity contribution in [1.29, 1.82) is 0 Å². The minimum Gasteiger partial charge on any atom is -0.324 e. The molecule has 0 unspecified atom stereocenters. The molecule has 0 saturated carbocycles. The van der Waals surface area contributed by atoms with Gasteiger partial charge in [-0.1, -0.05) is 0 Å². The van der Waals surface area contributed by atoms with E-state index in [-0.39, 0.29) is 5.52 Å². The highest BCUT2D eigenvalue weighted by Crippen LogP contribution is 2.33. The van der Waals surface area contributed by atoms with Crippen LogP contribution in [-0.4, -0.2) is 22.1 Å². The lowest BCUT2D eigenvalue weighted by Gasteiger charge is -2.15. The summed E-state index contributed by atoms with van der Waals surface area (Å²) in [6.45, 7) is -0.850. The van der Waals surface area contributed by atoms with E-state index in [9.17, 15) is 18.0 Å². The molecule has 0 amide bonds. The number of alkyl halides is 2. The Morgan fingerprint density at radius 1 is 1.50 bits per heavy atom. The summed E-state index contributed by atoms with van der Waals surface area (Å²) in [6, 6.07) is 1.80. The molecule has 7 heteroatoms. The number of rotatable bonds is 3. The summed E-state index contributed by atoms with van der Waals surface area (Å²) in [4.78, 5) is 11.1. The molecule has 0 atom stereocenters. The Kier molecular flexibility index (Phi) is 2.86. The van der Waals surface area contributed by atoms with Crippen molar-refractivity contribution in [1.82, 2.24) is 9.78 Å². The number of ketones is 1. The standard InChI is InChI=1S/C11H10F3N3O/c1-17-5-6-2-7(8(12)3-9(6)16-17)11(13,14)10(18)4-15/h2-3,5H,4,15H2,1H3. The summed E-state index contributed by atoms with van der Waals surface area (Å²) in [5, 5.41) is 4.22. The first-order valence-electron chi connectivity index (χ1n) is 5.11. The Morgan fingerprint density at radius 2 is 2.17 bits per heavy atom. The van der Waals surface area contributed by atoms with Crippen molar-refractivity contribution in [2.24, 2.45) is 12.8 Å². The predicted octanol–water partition coefficient (Wildman–Crippen LogP) is 1.33. The Balaban J connectivity index is 2.63. The van der Waals surface area contributed by atoms with Gasteiger partial charge in [-0.2, -0.15) is 13.9 Å². The van der Waals surface area contributed by atoms with Crippen molar-refractivity contribution in [2.45, 2.75) is 5.92 Å². The van der Waals surface area contributed by atoms with Crippen LogP contribution >= 0.6 is 0 Å². The first kappa shape index (κ1) is 12.6. The second-order valence-electron chi connectivity index (χ2n) is 3.90. The van der Waals surface area contributed by atoms with Crippen molar-refractivity contribution in [2.75, 3.05) is 6.54 Å². The van der Waals surface area contributed by atoms with E-state index < -0.39 is 29.6 Å². The van der Waals surface area contributed by atoms with Gasteiger partial charge in [-0.05, 0) is 6.07 Å². The summed E-state index contributed by atoms with van der Waals surface area (Å²) in [5.74, 6) is -6.62. The lowest BCUT2D eigenvalue weighted by atomic mass is 10.0. The van der Waals surface area contributed by atoms with Gasteiger partial charge in [0.25, 0.3) is 0 Å². The van der Waals surface area contributed by atoms with E-state index >= 15 is 0 Å². The summed E-state index contributed by atoms with van der Waals surface area (Å²) in [5.41, 5.74) is 4.17. The van der Waals surface area contributed by atoms with E-state index in [2.05, 4.69) is 5.10 Å². The van der Waals surface area contributed by atoms with Crippen molar-refractivity contribution < 1.29 is 18.0 Å². The number of Topliss-reactive ketones (excluding diaryl/α,β-unsaturated/α-hetero) is 1.